The number of nitrogens with one attached hydrogen (secondary N) is 1. The lowest BCUT2D eigenvalue weighted by Gasteiger charge is -2.16. The zero-order chi connectivity index (χ0) is 13.9. The van der Waals surface area contributed by atoms with Crippen LogP contribution in [0.25, 0.3) is 10.9 Å². The average molecular weight is 284 g/mol. The largest absolute Gasteiger partial charge is 0.496 e. The molecule has 3 rings (SSSR count). The molecule has 0 radical (unpaired) electrons. The van der Waals surface area contributed by atoms with Gasteiger partial charge in [-0.15, -0.1) is 11.3 Å². The highest BCUT2D eigenvalue weighted by molar-refractivity contribution is 7.10. The lowest BCUT2D eigenvalue weighted by molar-refractivity contribution is 0.416. The zero-order valence-electron chi connectivity index (χ0n) is 11.5. The van der Waals surface area contributed by atoms with E-state index in [9.17, 15) is 0 Å². The fourth-order valence-electron chi connectivity index (χ4n) is 2.40. The van der Waals surface area contributed by atoms with Crippen LogP contribution >= 0.6 is 11.3 Å². The number of aromatic nitrogens is 1. The number of hydrogen-bond donors (Lipinski definition) is 1. The van der Waals surface area contributed by atoms with Crippen LogP contribution in [0.15, 0.2) is 48.0 Å². The summed E-state index contributed by atoms with van der Waals surface area (Å²) in [6.45, 7) is 0. The van der Waals surface area contributed by atoms with Gasteiger partial charge in [-0.2, -0.15) is 0 Å². The summed E-state index contributed by atoms with van der Waals surface area (Å²) >= 11 is 1.69. The zero-order valence-corrected chi connectivity index (χ0v) is 12.3. The lowest BCUT2D eigenvalue weighted by Crippen LogP contribution is -2.17. The molecule has 1 aromatic carbocycles. The number of benzene rings is 1. The lowest BCUT2D eigenvalue weighted by atomic mass is 10.0. The predicted molar refractivity (Wildman–Crippen MR) is 83.5 cm³/mol. The van der Waals surface area contributed by atoms with E-state index in [1.165, 1.54) is 10.4 Å². The van der Waals surface area contributed by atoms with Gasteiger partial charge in [0.25, 0.3) is 0 Å². The maximum atomic E-state index is 5.28. The monoisotopic (exact) mass is 284 g/mol. The van der Waals surface area contributed by atoms with Crippen molar-refractivity contribution in [1.82, 2.24) is 10.3 Å². The van der Waals surface area contributed by atoms with Crippen LogP contribution in [0, 0.1) is 0 Å². The van der Waals surface area contributed by atoms with Gasteiger partial charge in [0.1, 0.15) is 5.75 Å². The summed E-state index contributed by atoms with van der Waals surface area (Å²) in [5.41, 5.74) is 2.23. The molecule has 3 nitrogen and oxygen atoms in total. The number of pyridine rings is 1. The molecule has 0 fully saturated rings. The normalized spacial score (nSPS) is 12.5. The third-order valence-electron chi connectivity index (χ3n) is 3.38. The number of para-hydroxylation sites is 1. The van der Waals surface area contributed by atoms with Gasteiger partial charge < -0.3 is 10.1 Å². The highest BCUT2D eigenvalue weighted by Crippen LogP contribution is 2.33. The summed E-state index contributed by atoms with van der Waals surface area (Å²) in [6.07, 6.45) is 1.84. The molecule has 1 unspecified atom stereocenters. The fraction of sp³-hybridized carbons (Fsp3) is 0.188. The molecule has 0 spiro atoms. The third-order valence-corrected chi connectivity index (χ3v) is 4.36. The van der Waals surface area contributed by atoms with Crippen LogP contribution < -0.4 is 10.1 Å². The van der Waals surface area contributed by atoms with E-state index in [-0.39, 0.29) is 6.04 Å². The first-order valence-corrected chi connectivity index (χ1v) is 7.35. The Kier molecular flexibility index (Phi) is 3.67. The Balaban J connectivity index is 2.11. The molecule has 1 N–H and O–H groups in total. The molecule has 0 saturated heterocycles. The number of hydrogen-bond acceptors (Lipinski definition) is 4. The second-order valence-corrected chi connectivity index (χ2v) is 5.48. The molecule has 4 heteroatoms. The maximum absolute atomic E-state index is 5.28. The molecule has 102 valence electrons. The number of fused-ring (bicyclic) bond motifs is 1. The Morgan fingerprint density at radius 1 is 1.25 bits per heavy atom. The molecule has 0 amide bonds. The Bertz CT molecular complexity index is 718. The van der Waals surface area contributed by atoms with Crippen LogP contribution in [0.5, 0.6) is 5.75 Å². The minimum absolute atomic E-state index is 0.127. The van der Waals surface area contributed by atoms with Crippen LogP contribution in [0.3, 0.4) is 0 Å². The van der Waals surface area contributed by atoms with Crippen molar-refractivity contribution < 1.29 is 4.74 Å². The fourth-order valence-corrected chi connectivity index (χ4v) is 3.39. The molecular formula is C16H16N2OS. The summed E-state index contributed by atoms with van der Waals surface area (Å²) in [4.78, 5) is 5.76. The predicted octanol–water partition coefficient (Wildman–Crippen LogP) is 3.61. The van der Waals surface area contributed by atoms with E-state index >= 15 is 0 Å². The van der Waals surface area contributed by atoms with E-state index in [1.54, 1.807) is 18.4 Å². The van der Waals surface area contributed by atoms with Crippen molar-refractivity contribution in [3.05, 3.63) is 58.4 Å². The second kappa shape index (κ2) is 5.61. The third kappa shape index (κ3) is 2.28. The molecule has 2 heterocycles. The molecule has 0 aliphatic heterocycles. The average Bonchev–Trinajstić information content (AvgIpc) is 2.97. The van der Waals surface area contributed by atoms with Gasteiger partial charge in [-0.3, -0.25) is 4.98 Å². The van der Waals surface area contributed by atoms with Crippen LogP contribution in [0.2, 0.25) is 0 Å². The minimum atomic E-state index is 0.127. The molecule has 0 bridgehead atoms. The molecule has 0 aliphatic carbocycles. The molecule has 2 aromatic heterocycles. The molecule has 20 heavy (non-hydrogen) atoms. The van der Waals surface area contributed by atoms with Crippen molar-refractivity contribution >= 4 is 22.2 Å². The number of rotatable bonds is 4. The standard InChI is InChI=1S/C16H16N2OS/c1-17-16(14-9-12(19-2)10-20-14)13-7-3-5-11-6-4-8-18-15(11)13/h3-10,16-17H,1-2H3. The van der Waals surface area contributed by atoms with Crippen LogP contribution in [0.1, 0.15) is 16.5 Å². The molecule has 0 aliphatic rings. The van der Waals surface area contributed by atoms with Crippen molar-refractivity contribution in [2.45, 2.75) is 6.04 Å². The summed E-state index contributed by atoms with van der Waals surface area (Å²) < 4.78 is 5.28. The number of methoxy groups -OCH3 is 1. The first-order chi connectivity index (χ1) is 9.83. The highest BCUT2D eigenvalue weighted by Gasteiger charge is 2.17. The van der Waals surface area contributed by atoms with Crippen molar-refractivity contribution in [1.29, 1.82) is 0 Å². The quantitative estimate of drug-likeness (QED) is 0.794. The van der Waals surface area contributed by atoms with Gasteiger partial charge in [0.2, 0.25) is 0 Å². The van der Waals surface area contributed by atoms with Gasteiger partial charge in [0.05, 0.1) is 18.7 Å². The van der Waals surface area contributed by atoms with E-state index in [0.717, 1.165) is 16.7 Å². The summed E-state index contributed by atoms with van der Waals surface area (Å²) in [6, 6.07) is 12.6. The molecule has 3 aromatic rings. The second-order valence-electron chi connectivity index (χ2n) is 4.53. The van der Waals surface area contributed by atoms with Crippen molar-refractivity contribution in [3.8, 4) is 5.75 Å². The van der Waals surface area contributed by atoms with E-state index in [1.807, 2.05) is 24.7 Å². The molecular weight excluding hydrogens is 268 g/mol. The van der Waals surface area contributed by atoms with Crippen LogP contribution in [-0.2, 0) is 0 Å². The Labute approximate surface area is 122 Å². The smallest absolute Gasteiger partial charge is 0.129 e. The number of nitrogens with zero attached hydrogens (tertiary/aromatic N) is 1. The first-order valence-electron chi connectivity index (χ1n) is 6.47. The van der Waals surface area contributed by atoms with Gasteiger partial charge >= 0.3 is 0 Å². The summed E-state index contributed by atoms with van der Waals surface area (Å²) in [5, 5.41) is 6.57. The van der Waals surface area contributed by atoms with E-state index in [4.69, 9.17) is 4.74 Å². The number of ether oxygens (including phenoxy) is 1. The van der Waals surface area contributed by atoms with E-state index in [0.29, 0.717) is 0 Å². The Morgan fingerprint density at radius 3 is 2.85 bits per heavy atom. The summed E-state index contributed by atoms with van der Waals surface area (Å²) in [5.74, 6) is 0.901. The van der Waals surface area contributed by atoms with Gasteiger partial charge in [-0.1, -0.05) is 24.3 Å². The number of thiophene rings is 1. The molecule has 1 atom stereocenters. The Morgan fingerprint density at radius 2 is 2.10 bits per heavy atom. The van der Waals surface area contributed by atoms with Crippen molar-refractivity contribution in [2.75, 3.05) is 14.2 Å². The van der Waals surface area contributed by atoms with Gasteiger partial charge in [-0.25, -0.2) is 0 Å². The van der Waals surface area contributed by atoms with Crippen molar-refractivity contribution in [2.24, 2.45) is 0 Å². The Hall–Kier alpha value is -1.91. The van der Waals surface area contributed by atoms with Gasteiger partial charge in [0, 0.05) is 27.4 Å². The topological polar surface area (TPSA) is 34.1 Å². The summed E-state index contributed by atoms with van der Waals surface area (Å²) in [7, 11) is 3.67. The van der Waals surface area contributed by atoms with Gasteiger partial charge in [0.15, 0.2) is 0 Å². The van der Waals surface area contributed by atoms with Gasteiger partial charge in [-0.05, 0) is 19.2 Å². The molecule has 0 saturated carbocycles. The van der Waals surface area contributed by atoms with Crippen LogP contribution in [0.4, 0.5) is 0 Å². The van der Waals surface area contributed by atoms with Crippen molar-refractivity contribution in [3.63, 3.8) is 0 Å². The maximum Gasteiger partial charge on any atom is 0.129 e. The van der Waals surface area contributed by atoms with Crippen LogP contribution in [-0.4, -0.2) is 19.1 Å². The first kappa shape index (κ1) is 13.1. The SMILES string of the molecule is CNC(c1cc(OC)cs1)c1cccc2cccnc12. The highest BCUT2D eigenvalue weighted by atomic mass is 32.1. The minimum Gasteiger partial charge on any atom is -0.496 e. The van der Waals surface area contributed by atoms with E-state index < -0.39 is 0 Å². The van der Waals surface area contributed by atoms with E-state index in [2.05, 4.69) is 40.6 Å².